The smallest absolute Gasteiger partial charge is 0.303 e. The lowest BCUT2D eigenvalue weighted by Gasteiger charge is -2.41. The number of thioether (sulfide) groups is 1. The highest BCUT2D eigenvalue weighted by Crippen LogP contribution is 2.43. The van der Waals surface area contributed by atoms with Gasteiger partial charge in [-0.05, 0) is 64.4 Å². The number of nitrogens with one attached hydrogen (secondary N) is 1. The molecule has 13 heteroatoms. The molecule has 0 bridgehead atoms. The van der Waals surface area contributed by atoms with Gasteiger partial charge in [0.05, 0.1) is 24.5 Å². The Labute approximate surface area is 258 Å². The number of aromatic nitrogens is 4. The van der Waals surface area contributed by atoms with Crippen LogP contribution in [0.2, 0.25) is 0 Å². The molecule has 1 fully saturated rings. The fourth-order valence-corrected chi connectivity index (χ4v) is 5.93. The molecule has 1 aliphatic heterocycles. The minimum atomic E-state index is -0.939. The number of carbonyl (C=O) groups is 2. The van der Waals surface area contributed by atoms with Crippen LogP contribution < -0.4 is 5.32 Å². The van der Waals surface area contributed by atoms with Gasteiger partial charge in [0.25, 0.3) is 0 Å². The highest BCUT2D eigenvalue weighted by Gasteiger charge is 2.38. The molecule has 12 nitrogen and oxygen atoms in total. The van der Waals surface area contributed by atoms with Gasteiger partial charge in [-0.2, -0.15) is 4.68 Å². The number of hydrogen-bond donors (Lipinski definition) is 4. The Hall–Kier alpha value is -4.30. The molecule has 230 valence electrons. The third kappa shape index (κ3) is 7.80. The number of phenolic OH excluding ortho intramolecular Hbond substituents is 1. The first-order valence-electron chi connectivity index (χ1n) is 14.1. The van der Waals surface area contributed by atoms with Crippen molar-refractivity contribution >= 4 is 29.3 Å². The number of carbonyl (C=O) groups excluding carboxylic acids is 1. The first kappa shape index (κ1) is 31.1. The highest BCUT2D eigenvalue weighted by molar-refractivity contribution is 7.99. The molecule has 1 saturated heterocycles. The van der Waals surface area contributed by atoms with E-state index in [0.29, 0.717) is 27.8 Å². The normalized spacial score (nSPS) is 19.9. The van der Waals surface area contributed by atoms with E-state index in [1.807, 2.05) is 30.3 Å². The quantitative estimate of drug-likeness (QED) is 0.163. The molecule has 0 spiro atoms. The van der Waals surface area contributed by atoms with Crippen molar-refractivity contribution in [2.24, 2.45) is 5.92 Å². The summed E-state index contributed by atoms with van der Waals surface area (Å²) in [7, 11) is 0. The number of hydrogen-bond acceptors (Lipinski definition) is 10. The van der Waals surface area contributed by atoms with Crippen LogP contribution >= 0.6 is 11.8 Å². The fraction of sp³-hybridized carbons (Fsp3) is 0.323. The summed E-state index contributed by atoms with van der Waals surface area (Å²) < 4.78 is 14.6. The monoisotopic (exact) mass is 619 g/mol. The molecule has 4 atom stereocenters. The Morgan fingerprint density at radius 1 is 1.00 bits per heavy atom. The Bertz CT molecular complexity index is 1560. The number of aliphatic hydroxyl groups excluding tert-OH is 1. The number of aliphatic hydroxyl groups is 1. The summed E-state index contributed by atoms with van der Waals surface area (Å²) in [6.45, 7) is 2.00. The maximum Gasteiger partial charge on any atom is 0.303 e. The molecule has 4 unspecified atom stereocenters. The van der Waals surface area contributed by atoms with Crippen LogP contribution in [-0.2, 0) is 25.7 Å². The van der Waals surface area contributed by atoms with Gasteiger partial charge >= 0.3 is 5.97 Å². The first-order chi connectivity index (χ1) is 21.3. The molecular weight excluding hydrogens is 586 g/mol. The number of amides is 1. The second-order valence-corrected chi connectivity index (χ2v) is 11.4. The van der Waals surface area contributed by atoms with Gasteiger partial charge in [-0.25, -0.2) is 0 Å². The van der Waals surface area contributed by atoms with E-state index in [2.05, 4.69) is 27.8 Å². The number of carboxylic acids is 1. The van der Waals surface area contributed by atoms with Crippen molar-refractivity contribution in [3.05, 3.63) is 89.5 Å². The number of rotatable bonds is 12. The zero-order chi connectivity index (χ0) is 31.1. The number of tetrazole rings is 1. The fourth-order valence-electron chi connectivity index (χ4n) is 4.88. The van der Waals surface area contributed by atoms with Gasteiger partial charge in [0.15, 0.2) is 6.29 Å². The van der Waals surface area contributed by atoms with Crippen molar-refractivity contribution < 1.29 is 34.4 Å². The molecule has 5 rings (SSSR count). The molecular formula is C31H33N5O7S. The first-order valence-corrected chi connectivity index (χ1v) is 15.1. The van der Waals surface area contributed by atoms with Crippen LogP contribution in [0.5, 0.6) is 5.75 Å². The van der Waals surface area contributed by atoms with Crippen LogP contribution in [0.3, 0.4) is 0 Å². The van der Waals surface area contributed by atoms with Crippen LogP contribution in [0.15, 0.2) is 78.0 Å². The molecule has 1 aromatic heterocycles. The number of aromatic hydroxyl groups is 1. The van der Waals surface area contributed by atoms with Crippen LogP contribution in [0.1, 0.15) is 55.3 Å². The van der Waals surface area contributed by atoms with E-state index >= 15 is 0 Å². The van der Waals surface area contributed by atoms with E-state index in [-0.39, 0.29) is 55.7 Å². The van der Waals surface area contributed by atoms with E-state index in [0.717, 1.165) is 11.1 Å². The van der Waals surface area contributed by atoms with Crippen LogP contribution in [0.25, 0.3) is 5.69 Å². The van der Waals surface area contributed by atoms with Gasteiger partial charge in [0.2, 0.25) is 11.1 Å². The molecule has 4 aromatic rings. The predicted octanol–water partition coefficient (Wildman–Crippen LogP) is 4.64. The number of phenols is 1. The van der Waals surface area contributed by atoms with E-state index in [1.54, 1.807) is 47.1 Å². The topological polar surface area (TPSA) is 169 Å². The lowest BCUT2D eigenvalue weighted by Crippen LogP contribution is -2.38. The Balaban J connectivity index is 1.35. The number of aliphatic carboxylic acids is 1. The Morgan fingerprint density at radius 3 is 2.50 bits per heavy atom. The maximum atomic E-state index is 12.4. The van der Waals surface area contributed by atoms with Gasteiger partial charge in [0, 0.05) is 35.8 Å². The predicted molar refractivity (Wildman–Crippen MR) is 161 cm³/mol. The SMILES string of the molecule is CC1C(CSc2nnnn2-c2ccc(O)cc2)OC(c2cccc(NC(=O)CCCC(=O)O)c2)OC1c1ccc(CO)cc1. The standard InChI is InChI=1S/C31H33N5O7S/c1-19-26(18-44-31-33-34-35-36(31)24-12-14-25(38)15-13-24)42-30(43-29(19)21-10-8-20(17-37)9-11-21)22-4-2-5-23(16-22)32-27(39)6-3-7-28(40)41/h2,4-5,8-16,19,26,29-30,37-38H,3,6-7,17-18H2,1H3,(H,32,39)(H,40,41). The highest BCUT2D eigenvalue weighted by atomic mass is 32.2. The van der Waals surface area contributed by atoms with Gasteiger partial charge in [0.1, 0.15) is 5.75 Å². The van der Waals surface area contributed by atoms with Crippen molar-refractivity contribution in [1.82, 2.24) is 20.2 Å². The second kappa shape index (κ2) is 14.4. The molecule has 1 amide bonds. The van der Waals surface area contributed by atoms with Crippen molar-refractivity contribution in [3.63, 3.8) is 0 Å². The number of anilines is 1. The number of ether oxygens (including phenoxy) is 2. The molecule has 2 heterocycles. The summed E-state index contributed by atoms with van der Waals surface area (Å²) in [6, 6.07) is 21.4. The van der Waals surface area contributed by atoms with E-state index in [4.69, 9.17) is 14.6 Å². The van der Waals surface area contributed by atoms with Crippen LogP contribution in [0, 0.1) is 5.92 Å². The van der Waals surface area contributed by atoms with E-state index in [1.165, 1.54) is 11.8 Å². The minimum Gasteiger partial charge on any atom is -0.508 e. The van der Waals surface area contributed by atoms with Crippen molar-refractivity contribution in [3.8, 4) is 11.4 Å². The van der Waals surface area contributed by atoms with Crippen molar-refractivity contribution in [2.75, 3.05) is 11.1 Å². The molecule has 1 aliphatic rings. The van der Waals surface area contributed by atoms with Crippen molar-refractivity contribution in [2.45, 2.75) is 56.4 Å². The maximum absolute atomic E-state index is 12.4. The molecule has 0 saturated carbocycles. The van der Waals surface area contributed by atoms with Gasteiger partial charge in [-0.15, -0.1) is 5.10 Å². The summed E-state index contributed by atoms with van der Waals surface area (Å²) in [5.74, 6) is -0.638. The van der Waals surface area contributed by atoms with Gasteiger partial charge in [-0.3, -0.25) is 9.59 Å². The van der Waals surface area contributed by atoms with Gasteiger partial charge < -0.3 is 30.1 Å². The molecule has 4 N–H and O–H groups in total. The lowest BCUT2D eigenvalue weighted by molar-refractivity contribution is -0.268. The number of carboxylic acid groups (broad SMARTS) is 1. The van der Waals surface area contributed by atoms with Crippen molar-refractivity contribution in [1.29, 1.82) is 0 Å². The van der Waals surface area contributed by atoms with Crippen LogP contribution in [-0.4, -0.2) is 59.3 Å². The summed E-state index contributed by atoms with van der Waals surface area (Å²) in [4.78, 5) is 23.2. The minimum absolute atomic E-state index is 0.0586. The summed E-state index contributed by atoms with van der Waals surface area (Å²) >= 11 is 1.44. The zero-order valence-corrected chi connectivity index (χ0v) is 24.8. The average molecular weight is 620 g/mol. The summed E-state index contributed by atoms with van der Waals surface area (Å²) in [5, 5.41) is 43.5. The Morgan fingerprint density at radius 2 is 1.77 bits per heavy atom. The lowest BCUT2D eigenvalue weighted by atomic mass is 9.91. The second-order valence-electron chi connectivity index (χ2n) is 10.4. The van der Waals surface area contributed by atoms with Crippen LogP contribution in [0.4, 0.5) is 5.69 Å². The number of benzene rings is 3. The van der Waals surface area contributed by atoms with Gasteiger partial charge in [-0.1, -0.05) is 55.1 Å². The molecule has 44 heavy (non-hydrogen) atoms. The Kier molecular flexibility index (Phi) is 10.2. The third-order valence-electron chi connectivity index (χ3n) is 7.27. The molecule has 3 aromatic carbocycles. The summed E-state index contributed by atoms with van der Waals surface area (Å²) in [5.41, 5.74) is 3.70. The van der Waals surface area contributed by atoms with E-state index in [9.17, 15) is 19.8 Å². The zero-order valence-electron chi connectivity index (χ0n) is 23.9. The largest absolute Gasteiger partial charge is 0.508 e. The third-order valence-corrected chi connectivity index (χ3v) is 8.28. The van der Waals surface area contributed by atoms with E-state index < -0.39 is 12.3 Å². The molecule has 0 aliphatic carbocycles. The number of nitrogens with zero attached hydrogens (tertiary/aromatic N) is 4. The summed E-state index contributed by atoms with van der Waals surface area (Å²) in [6.07, 6.45) is -1.11. The average Bonchev–Trinajstić information content (AvgIpc) is 3.49. The molecule has 0 radical (unpaired) electrons.